The quantitative estimate of drug-likeness (QED) is 0.401. The van der Waals surface area contributed by atoms with Crippen LogP contribution in [0, 0.1) is 10.1 Å². The number of carbonyl (C=O) groups is 1. The van der Waals surface area contributed by atoms with E-state index in [9.17, 15) is 14.9 Å². The average Bonchev–Trinajstić information content (AvgIpc) is 3.35. The molecule has 0 atom stereocenters. The van der Waals surface area contributed by atoms with E-state index in [0.29, 0.717) is 18.8 Å². The summed E-state index contributed by atoms with van der Waals surface area (Å²) >= 11 is 0. The van der Waals surface area contributed by atoms with Crippen molar-refractivity contribution in [3.63, 3.8) is 0 Å². The second-order valence-corrected chi connectivity index (χ2v) is 6.49. The van der Waals surface area contributed by atoms with Gasteiger partial charge in [-0.1, -0.05) is 42.5 Å². The first-order valence-corrected chi connectivity index (χ1v) is 9.07. The highest BCUT2D eigenvalue weighted by Gasteiger charge is 2.25. The largest absolute Gasteiger partial charge is 0.320 e. The zero-order chi connectivity index (χ0) is 20.4. The molecule has 1 amide bonds. The number of nitrogens with one attached hydrogen (secondary N) is 1. The van der Waals surface area contributed by atoms with Gasteiger partial charge in [-0.25, -0.2) is 0 Å². The Hall–Kier alpha value is -4.01. The first-order chi connectivity index (χ1) is 14.0. The number of amides is 1. The van der Waals surface area contributed by atoms with Crippen molar-refractivity contribution in [3.8, 4) is 0 Å². The number of carbonyl (C=O) groups excluding carboxylic acids is 1. The van der Waals surface area contributed by atoms with Crippen molar-refractivity contribution in [2.45, 2.75) is 20.0 Å². The highest BCUT2D eigenvalue weighted by molar-refractivity contribution is 6.05. The summed E-state index contributed by atoms with van der Waals surface area (Å²) in [5.74, 6) is -0.645. The number of anilines is 1. The second-order valence-electron chi connectivity index (χ2n) is 6.49. The minimum atomic E-state index is -0.645. The average molecular weight is 390 g/mol. The van der Waals surface area contributed by atoms with Gasteiger partial charge in [-0.2, -0.15) is 10.2 Å². The fraction of sp³-hybridized carbons (Fsp3) is 0.150. The standard InChI is InChI=1S/C20H18N6O3/c1-2-24-13-18(26(28)29)19(23-24)20(27)22-16-10-21-25(12-16)11-15-8-5-7-14-6-3-4-9-17(14)15/h3-10,12-13H,2,11H2,1H3,(H,22,27). The number of benzene rings is 2. The van der Waals surface area contributed by atoms with Gasteiger partial charge in [0.1, 0.15) is 6.20 Å². The number of hydrogen-bond acceptors (Lipinski definition) is 5. The zero-order valence-corrected chi connectivity index (χ0v) is 15.6. The van der Waals surface area contributed by atoms with Gasteiger partial charge in [0.15, 0.2) is 0 Å². The van der Waals surface area contributed by atoms with Crippen LogP contribution >= 0.6 is 0 Å². The van der Waals surface area contributed by atoms with Crippen LogP contribution in [0.3, 0.4) is 0 Å². The molecule has 0 aliphatic rings. The van der Waals surface area contributed by atoms with Gasteiger partial charge < -0.3 is 5.32 Å². The van der Waals surface area contributed by atoms with Gasteiger partial charge in [0.05, 0.1) is 23.4 Å². The Labute approximate surface area is 165 Å². The summed E-state index contributed by atoms with van der Waals surface area (Å²) in [5, 5.41) is 24.4. The van der Waals surface area contributed by atoms with Crippen LogP contribution in [-0.2, 0) is 13.1 Å². The molecule has 0 fully saturated rings. The van der Waals surface area contributed by atoms with E-state index in [0.717, 1.165) is 16.3 Å². The molecule has 9 nitrogen and oxygen atoms in total. The van der Waals surface area contributed by atoms with E-state index in [1.807, 2.05) is 24.3 Å². The van der Waals surface area contributed by atoms with E-state index in [1.165, 1.54) is 17.1 Å². The van der Waals surface area contributed by atoms with E-state index >= 15 is 0 Å². The fourth-order valence-corrected chi connectivity index (χ4v) is 3.18. The Kier molecular flexibility index (Phi) is 4.78. The molecular formula is C20H18N6O3. The summed E-state index contributed by atoms with van der Waals surface area (Å²) in [7, 11) is 0. The molecule has 0 saturated carbocycles. The molecule has 0 radical (unpaired) electrons. The summed E-state index contributed by atoms with van der Waals surface area (Å²) < 4.78 is 3.06. The van der Waals surface area contributed by atoms with Crippen molar-refractivity contribution in [1.82, 2.24) is 19.6 Å². The van der Waals surface area contributed by atoms with E-state index < -0.39 is 10.8 Å². The van der Waals surface area contributed by atoms with Crippen LogP contribution < -0.4 is 5.32 Å². The van der Waals surface area contributed by atoms with Crippen LogP contribution in [0.15, 0.2) is 61.1 Å². The lowest BCUT2D eigenvalue weighted by Gasteiger charge is -2.06. The molecule has 4 aromatic rings. The van der Waals surface area contributed by atoms with Gasteiger partial charge >= 0.3 is 5.69 Å². The van der Waals surface area contributed by atoms with Crippen LogP contribution in [0.5, 0.6) is 0 Å². The van der Waals surface area contributed by atoms with Gasteiger partial charge in [0.25, 0.3) is 5.91 Å². The van der Waals surface area contributed by atoms with E-state index in [2.05, 4.69) is 33.7 Å². The van der Waals surface area contributed by atoms with Crippen LogP contribution in [0.25, 0.3) is 10.8 Å². The van der Waals surface area contributed by atoms with E-state index in [-0.39, 0.29) is 11.4 Å². The molecule has 146 valence electrons. The summed E-state index contributed by atoms with van der Waals surface area (Å²) in [4.78, 5) is 23.0. The predicted octanol–water partition coefficient (Wildman–Crippen LogP) is 3.46. The third-order valence-corrected chi connectivity index (χ3v) is 4.58. The molecular weight excluding hydrogens is 372 g/mol. The minimum absolute atomic E-state index is 0.223. The summed E-state index contributed by atoms with van der Waals surface area (Å²) in [5.41, 5.74) is 0.989. The number of nitro groups is 1. The lowest BCUT2D eigenvalue weighted by Crippen LogP contribution is -2.14. The Morgan fingerprint density at radius 1 is 1.14 bits per heavy atom. The molecule has 0 saturated heterocycles. The molecule has 0 spiro atoms. The SMILES string of the molecule is CCn1cc([N+](=O)[O-])c(C(=O)Nc2cnn(Cc3cccc4ccccc34)c2)n1. The fourth-order valence-electron chi connectivity index (χ4n) is 3.18. The molecule has 9 heteroatoms. The van der Waals surface area contributed by atoms with Crippen LogP contribution in [0.1, 0.15) is 23.0 Å². The Morgan fingerprint density at radius 3 is 2.72 bits per heavy atom. The highest BCUT2D eigenvalue weighted by Crippen LogP contribution is 2.21. The molecule has 0 bridgehead atoms. The molecule has 0 aliphatic carbocycles. The number of hydrogen-bond donors (Lipinski definition) is 1. The maximum absolute atomic E-state index is 12.5. The van der Waals surface area contributed by atoms with Crippen molar-refractivity contribution in [2.24, 2.45) is 0 Å². The van der Waals surface area contributed by atoms with Gasteiger partial charge in [0.2, 0.25) is 5.69 Å². The highest BCUT2D eigenvalue weighted by atomic mass is 16.6. The van der Waals surface area contributed by atoms with E-state index in [4.69, 9.17) is 0 Å². The first-order valence-electron chi connectivity index (χ1n) is 9.07. The van der Waals surface area contributed by atoms with Crippen molar-refractivity contribution in [2.75, 3.05) is 5.32 Å². The molecule has 4 rings (SSSR count). The molecule has 2 aromatic carbocycles. The number of nitrogens with zero attached hydrogens (tertiary/aromatic N) is 5. The molecule has 29 heavy (non-hydrogen) atoms. The molecule has 0 unspecified atom stereocenters. The van der Waals surface area contributed by atoms with Crippen molar-refractivity contribution in [3.05, 3.63) is 82.4 Å². The number of rotatable bonds is 6. The number of aryl methyl sites for hydroxylation is 1. The van der Waals surface area contributed by atoms with Gasteiger partial charge in [0, 0.05) is 12.7 Å². The smallest absolute Gasteiger partial charge is 0.318 e. The van der Waals surface area contributed by atoms with Gasteiger partial charge in [-0.05, 0) is 23.3 Å². The minimum Gasteiger partial charge on any atom is -0.318 e. The number of aromatic nitrogens is 4. The third-order valence-electron chi connectivity index (χ3n) is 4.58. The van der Waals surface area contributed by atoms with Crippen LogP contribution in [0.2, 0.25) is 0 Å². The van der Waals surface area contributed by atoms with Crippen molar-refractivity contribution < 1.29 is 9.72 Å². The first kappa shape index (κ1) is 18.4. The topological polar surface area (TPSA) is 108 Å². The zero-order valence-electron chi connectivity index (χ0n) is 15.6. The summed E-state index contributed by atoms with van der Waals surface area (Å²) in [6.07, 6.45) is 4.44. The molecule has 2 aromatic heterocycles. The molecule has 2 heterocycles. The number of fused-ring (bicyclic) bond motifs is 1. The molecule has 1 N–H and O–H groups in total. The van der Waals surface area contributed by atoms with Crippen LogP contribution in [-0.4, -0.2) is 30.4 Å². The maximum atomic E-state index is 12.5. The Morgan fingerprint density at radius 2 is 1.93 bits per heavy atom. The Bertz CT molecular complexity index is 1200. The van der Waals surface area contributed by atoms with Gasteiger partial charge in [-0.15, -0.1) is 0 Å². The van der Waals surface area contributed by atoms with Crippen molar-refractivity contribution >= 4 is 28.1 Å². The lowest BCUT2D eigenvalue weighted by molar-refractivity contribution is -0.385. The maximum Gasteiger partial charge on any atom is 0.320 e. The van der Waals surface area contributed by atoms with Crippen molar-refractivity contribution in [1.29, 1.82) is 0 Å². The third kappa shape index (κ3) is 3.70. The monoisotopic (exact) mass is 390 g/mol. The van der Waals surface area contributed by atoms with E-state index in [1.54, 1.807) is 17.8 Å². The summed E-state index contributed by atoms with van der Waals surface area (Å²) in [6.45, 7) is 2.74. The second kappa shape index (κ2) is 7.55. The summed E-state index contributed by atoms with van der Waals surface area (Å²) in [6, 6.07) is 14.2. The Balaban J connectivity index is 1.53. The normalized spacial score (nSPS) is 10.9. The van der Waals surface area contributed by atoms with Crippen LogP contribution in [0.4, 0.5) is 11.4 Å². The van der Waals surface area contributed by atoms with Gasteiger partial charge in [-0.3, -0.25) is 24.3 Å². The lowest BCUT2D eigenvalue weighted by atomic mass is 10.0. The predicted molar refractivity (Wildman–Crippen MR) is 108 cm³/mol. The molecule has 0 aliphatic heterocycles.